The standard InChI is InChI=1S/C10H10N4/c1-5-12-10(13-6-1)3-2-9-4-7-11-8-14-9/h1,4-8H,2-3H2. The molecule has 14 heavy (non-hydrogen) atoms. The normalized spacial score (nSPS) is 10.0. The molecule has 0 aromatic carbocycles. The summed E-state index contributed by atoms with van der Waals surface area (Å²) in [5, 5.41) is 0. The smallest absolute Gasteiger partial charge is 0.128 e. The zero-order valence-electron chi connectivity index (χ0n) is 7.67. The Labute approximate surface area is 82.1 Å². The van der Waals surface area contributed by atoms with E-state index in [1.165, 1.54) is 0 Å². The molecule has 70 valence electrons. The summed E-state index contributed by atoms with van der Waals surface area (Å²) in [7, 11) is 0. The molecule has 0 unspecified atom stereocenters. The summed E-state index contributed by atoms with van der Waals surface area (Å²) in [5.74, 6) is 0.853. The number of aryl methyl sites for hydroxylation is 2. The number of aromatic nitrogens is 4. The van der Waals surface area contributed by atoms with E-state index < -0.39 is 0 Å². The van der Waals surface area contributed by atoms with Crippen LogP contribution in [0.5, 0.6) is 0 Å². The van der Waals surface area contributed by atoms with Gasteiger partial charge in [0, 0.05) is 30.7 Å². The first kappa shape index (κ1) is 8.74. The van der Waals surface area contributed by atoms with E-state index in [0.29, 0.717) is 0 Å². The molecule has 0 aliphatic carbocycles. The fourth-order valence-electron chi connectivity index (χ4n) is 1.16. The Morgan fingerprint density at radius 2 is 1.79 bits per heavy atom. The van der Waals surface area contributed by atoms with E-state index in [0.717, 1.165) is 24.4 Å². The van der Waals surface area contributed by atoms with E-state index >= 15 is 0 Å². The van der Waals surface area contributed by atoms with Crippen LogP contribution in [0.3, 0.4) is 0 Å². The van der Waals surface area contributed by atoms with Gasteiger partial charge in [-0.1, -0.05) is 0 Å². The van der Waals surface area contributed by atoms with E-state index in [1.54, 1.807) is 24.9 Å². The third kappa shape index (κ3) is 2.32. The lowest BCUT2D eigenvalue weighted by atomic mass is 10.2. The average Bonchev–Trinajstić information content (AvgIpc) is 2.29. The molecule has 2 rings (SSSR count). The van der Waals surface area contributed by atoms with Gasteiger partial charge in [-0.15, -0.1) is 0 Å². The van der Waals surface area contributed by atoms with Crippen molar-refractivity contribution in [3.05, 3.63) is 48.6 Å². The molecule has 0 atom stereocenters. The Hall–Kier alpha value is -1.84. The predicted octanol–water partition coefficient (Wildman–Crippen LogP) is 1.05. The van der Waals surface area contributed by atoms with Crippen molar-refractivity contribution >= 4 is 0 Å². The molecule has 2 aromatic heterocycles. The van der Waals surface area contributed by atoms with Crippen molar-refractivity contribution < 1.29 is 0 Å². The summed E-state index contributed by atoms with van der Waals surface area (Å²) in [4.78, 5) is 16.3. The summed E-state index contributed by atoms with van der Waals surface area (Å²) in [6.07, 6.45) is 8.48. The summed E-state index contributed by atoms with van der Waals surface area (Å²) >= 11 is 0. The molecule has 0 N–H and O–H groups in total. The number of nitrogens with zero attached hydrogens (tertiary/aromatic N) is 4. The van der Waals surface area contributed by atoms with E-state index in [-0.39, 0.29) is 0 Å². The third-order valence-corrected chi connectivity index (χ3v) is 1.87. The van der Waals surface area contributed by atoms with Crippen LogP contribution >= 0.6 is 0 Å². The summed E-state index contributed by atoms with van der Waals surface area (Å²) in [6, 6.07) is 3.72. The Morgan fingerprint density at radius 3 is 2.50 bits per heavy atom. The minimum Gasteiger partial charge on any atom is -0.245 e. The van der Waals surface area contributed by atoms with Crippen molar-refractivity contribution in [1.29, 1.82) is 0 Å². The lowest BCUT2D eigenvalue weighted by Crippen LogP contribution is -1.98. The summed E-state index contributed by atoms with van der Waals surface area (Å²) < 4.78 is 0. The largest absolute Gasteiger partial charge is 0.245 e. The average molecular weight is 186 g/mol. The maximum Gasteiger partial charge on any atom is 0.128 e. The maximum atomic E-state index is 4.14. The maximum absolute atomic E-state index is 4.14. The molecule has 0 aliphatic rings. The zero-order valence-corrected chi connectivity index (χ0v) is 7.67. The first-order valence-electron chi connectivity index (χ1n) is 4.46. The van der Waals surface area contributed by atoms with E-state index in [4.69, 9.17) is 0 Å². The van der Waals surface area contributed by atoms with Crippen LogP contribution in [0.2, 0.25) is 0 Å². The molecule has 0 fully saturated rings. The first-order valence-corrected chi connectivity index (χ1v) is 4.46. The molecule has 0 aliphatic heterocycles. The van der Waals surface area contributed by atoms with Gasteiger partial charge >= 0.3 is 0 Å². The minimum absolute atomic E-state index is 0.817. The highest BCUT2D eigenvalue weighted by atomic mass is 14.9. The monoisotopic (exact) mass is 186 g/mol. The zero-order chi connectivity index (χ0) is 9.64. The van der Waals surface area contributed by atoms with Crippen LogP contribution in [-0.4, -0.2) is 19.9 Å². The quantitative estimate of drug-likeness (QED) is 0.719. The van der Waals surface area contributed by atoms with Gasteiger partial charge in [0.2, 0.25) is 0 Å². The molecule has 2 heterocycles. The highest BCUT2D eigenvalue weighted by molar-refractivity contribution is 5.00. The number of hydrogen-bond donors (Lipinski definition) is 0. The second kappa shape index (κ2) is 4.41. The minimum atomic E-state index is 0.817. The topological polar surface area (TPSA) is 51.6 Å². The highest BCUT2D eigenvalue weighted by Crippen LogP contribution is 1.98. The van der Waals surface area contributed by atoms with Crippen LogP contribution in [0.25, 0.3) is 0 Å². The lowest BCUT2D eigenvalue weighted by molar-refractivity contribution is 0.830. The SMILES string of the molecule is c1cnc(CCc2ccncn2)nc1. The molecule has 0 radical (unpaired) electrons. The second-order valence-electron chi connectivity index (χ2n) is 2.87. The number of hydrogen-bond acceptors (Lipinski definition) is 4. The van der Waals surface area contributed by atoms with E-state index in [1.807, 2.05) is 12.1 Å². The van der Waals surface area contributed by atoms with Crippen LogP contribution in [0.4, 0.5) is 0 Å². The molecule has 0 bridgehead atoms. The van der Waals surface area contributed by atoms with Gasteiger partial charge < -0.3 is 0 Å². The molecular formula is C10H10N4. The molecule has 0 saturated heterocycles. The second-order valence-corrected chi connectivity index (χ2v) is 2.87. The molecule has 0 amide bonds. The van der Waals surface area contributed by atoms with Crippen molar-refractivity contribution in [3.8, 4) is 0 Å². The summed E-state index contributed by atoms with van der Waals surface area (Å²) in [6.45, 7) is 0. The van der Waals surface area contributed by atoms with Crippen molar-refractivity contribution in [3.63, 3.8) is 0 Å². The fourth-order valence-corrected chi connectivity index (χ4v) is 1.16. The first-order chi connectivity index (χ1) is 6.95. The number of rotatable bonds is 3. The Bertz CT molecular complexity index is 334. The van der Waals surface area contributed by atoms with Crippen molar-refractivity contribution in [1.82, 2.24) is 19.9 Å². The van der Waals surface area contributed by atoms with Gasteiger partial charge in [-0.2, -0.15) is 0 Å². The van der Waals surface area contributed by atoms with Gasteiger partial charge in [0.25, 0.3) is 0 Å². The van der Waals surface area contributed by atoms with Gasteiger partial charge in [-0.3, -0.25) is 0 Å². The van der Waals surface area contributed by atoms with Crippen molar-refractivity contribution in [2.45, 2.75) is 12.8 Å². The van der Waals surface area contributed by atoms with Crippen LogP contribution in [0.15, 0.2) is 37.1 Å². The van der Waals surface area contributed by atoms with Gasteiger partial charge in [0.05, 0.1) is 0 Å². The Kier molecular flexibility index (Phi) is 2.76. The van der Waals surface area contributed by atoms with Gasteiger partial charge in [-0.05, 0) is 18.6 Å². The van der Waals surface area contributed by atoms with Crippen molar-refractivity contribution in [2.24, 2.45) is 0 Å². The van der Waals surface area contributed by atoms with Crippen LogP contribution in [0, 0.1) is 0 Å². The lowest BCUT2D eigenvalue weighted by Gasteiger charge is -1.98. The highest BCUT2D eigenvalue weighted by Gasteiger charge is 1.97. The molecule has 2 aromatic rings. The fraction of sp³-hybridized carbons (Fsp3) is 0.200. The van der Waals surface area contributed by atoms with Crippen molar-refractivity contribution in [2.75, 3.05) is 0 Å². The molecule has 0 spiro atoms. The molecular weight excluding hydrogens is 176 g/mol. The molecule has 4 nitrogen and oxygen atoms in total. The van der Waals surface area contributed by atoms with Crippen LogP contribution in [0.1, 0.15) is 11.5 Å². The van der Waals surface area contributed by atoms with Crippen LogP contribution in [-0.2, 0) is 12.8 Å². The third-order valence-electron chi connectivity index (χ3n) is 1.87. The van der Waals surface area contributed by atoms with Crippen LogP contribution < -0.4 is 0 Å². The van der Waals surface area contributed by atoms with Gasteiger partial charge in [0.15, 0.2) is 0 Å². The summed E-state index contributed by atoms with van der Waals surface area (Å²) in [5.41, 5.74) is 1.02. The molecule has 4 heteroatoms. The Morgan fingerprint density at radius 1 is 0.929 bits per heavy atom. The van der Waals surface area contributed by atoms with Gasteiger partial charge in [0.1, 0.15) is 12.2 Å². The predicted molar refractivity (Wildman–Crippen MR) is 51.5 cm³/mol. The Balaban J connectivity index is 1.96. The van der Waals surface area contributed by atoms with E-state index in [2.05, 4.69) is 19.9 Å². The van der Waals surface area contributed by atoms with E-state index in [9.17, 15) is 0 Å². The van der Waals surface area contributed by atoms with Gasteiger partial charge in [-0.25, -0.2) is 19.9 Å². The molecule has 0 saturated carbocycles.